The summed E-state index contributed by atoms with van der Waals surface area (Å²) in [5, 5.41) is 8.90. The molecule has 120 valence electrons. The number of hydrogen-bond acceptors (Lipinski definition) is 3. The molecule has 1 aromatic rings. The van der Waals surface area contributed by atoms with Crippen LogP contribution in [-0.4, -0.2) is 26.2 Å². The fourth-order valence-electron chi connectivity index (χ4n) is 1.59. The van der Waals surface area contributed by atoms with E-state index in [0.717, 1.165) is 12.1 Å². The van der Waals surface area contributed by atoms with E-state index in [0.29, 0.717) is 0 Å². The van der Waals surface area contributed by atoms with E-state index in [1.165, 1.54) is 6.07 Å². The van der Waals surface area contributed by atoms with Gasteiger partial charge in [-0.05, 0) is 30.5 Å². The van der Waals surface area contributed by atoms with Crippen LogP contribution in [-0.2, 0) is 16.6 Å². The number of aliphatic hydroxyl groups is 1. The van der Waals surface area contributed by atoms with Crippen LogP contribution in [0.1, 0.15) is 24.8 Å². The first-order valence-electron chi connectivity index (χ1n) is 6.11. The van der Waals surface area contributed by atoms with Gasteiger partial charge in [0.25, 0.3) is 0 Å². The first-order chi connectivity index (χ1) is 9.65. The summed E-state index contributed by atoms with van der Waals surface area (Å²) in [6.07, 6.45) is -5.51. The van der Waals surface area contributed by atoms with Gasteiger partial charge in [-0.1, -0.05) is 6.07 Å². The minimum Gasteiger partial charge on any atom is -0.392 e. The van der Waals surface area contributed by atoms with Crippen LogP contribution in [0.4, 0.5) is 17.6 Å². The second-order valence-electron chi connectivity index (χ2n) is 4.39. The molecule has 0 saturated carbocycles. The van der Waals surface area contributed by atoms with E-state index in [4.69, 9.17) is 5.11 Å². The zero-order valence-corrected chi connectivity index (χ0v) is 11.8. The van der Waals surface area contributed by atoms with Crippen molar-refractivity contribution in [3.63, 3.8) is 0 Å². The van der Waals surface area contributed by atoms with Crippen molar-refractivity contribution in [2.75, 3.05) is 6.54 Å². The fourth-order valence-corrected chi connectivity index (χ4v) is 2.79. The monoisotopic (exact) mass is 329 g/mol. The molecule has 0 amide bonds. The van der Waals surface area contributed by atoms with E-state index >= 15 is 0 Å². The lowest BCUT2D eigenvalue weighted by atomic mass is 10.2. The lowest BCUT2D eigenvalue weighted by molar-refractivity contribution is -0.135. The Morgan fingerprint density at radius 1 is 1.19 bits per heavy atom. The molecule has 9 heteroatoms. The standard InChI is InChI=1S/C12H15F4NO3S/c13-10-4-3-9(8-18)7-11(10)21(19,20)17-6-2-1-5-12(14,15)16/h3-4,7,17-18H,1-2,5-6,8H2. The Morgan fingerprint density at radius 2 is 1.86 bits per heavy atom. The van der Waals surface area contributed by atoms with Crippen molar-refractivity contribution in [3.8, 4) is 0 Å². The summed E-state index contributed by atoms with van der Waals surface area (Å²) in [6.45, 7) is -0.671. The number of alkyl halides is 3. The van der Waals surface area contributed by atoms with Gasteiger partial charge in [0.15, 0.2) is 0 Å². The molecule has 4 nitrogen and oxygen atoms in total. The van der Waals surface area contributed by atoms with Crippen molar-refractivity contribution in [2.24, 2.45) is 0 Å². The summed E-state index contributed by atoms with van der Waals surface area (Å²) in [7, 11) is -4.16. The molecule has 0 unspecified atom stereocenters. The highest BCUT2D eigenvalue weighted by Crippen LogP contribution is 2.22. The highest BCUT2D eigenvalue weighted by atomic mass is 32.2. The lowest BCUT2D eigenvalue weighted by Gasteiger charge is -2.09. The first kappa shape index (κ1) is 17.9. The SMILES string of the molecule is O=S(=O)(NCCCCC(F)(F)F)c1cc(CO)ccc1F. The van der Waals surface area contributed by atoms with Crippen LogP contribution in [0.5, 0.6) is 0 Å². The molecule has 0 heterocycles. The van der Waals surface area contributed by atoms with E-state index in [2.05, 4.69) is 0 Å². The molecule has 0 atom stereocenters. The topological polar surface area (TPSA) is 66.4 Å². The van der Waals surface area contributed by atoms with Crippen molar-refractivity contribution >= 4 is 10.0 Å². The van der Waals surface area contributed by atoms with Crippen LogP contribution >= 0.6 is 0 Å². The summed E-state index contributed by atoms with van der Waals surface area (Å²) in [6, 6.07) is 3.12. The molecule has 1 aromatic carbocycles. The highest BCUT2D eigenvalue weighted by Gasteiger charge is 2.26. The molecule has 0 saturated heterocycles. The van der Waals surface area contributed by atoms with Gasteiger partial charge in [-0.25, -0.2) is 17.5 Å². The summed E-state index contributed by atoms with van der Waals surface area (Å²) < 4.78 is 74.9. The number of aliphatic hydroxyl groups excluding tert-OH is 1. The highest BCUT2D eigenvalue weighted by molar-refractivity contribution is 7.89. The molecule has 0 aliphatic heterocycles. The summed E-state index contributed by atoms with van der Waals surface area (Å²) in [5.74, 6) is -0.991. The van der Waals surface area contributed by atoms with E-state index in [9.17, 15) is 26.0 Å². The van der Waals surface area contributed by atoms with E-state index in [1.807, 2.05) is 4.72 Å². The minimum absolute atomic E-state index is 0.0138. The van der Waals surface area contributed by atoms with Crippen LogP contribution in [0.15, 0.2) is 23.1 Å². The largest absolute Gasteiger partial charge is 0.392 e. The molecule has 0 fully saturated rings. The van der Waals surface area contributed by atoms with Crippen molar-refractivity contribution in [2.45, 2.75) is 36.9 Å². The normalized spacial score (nSPS) is 12.6. The molecule has 0 radical (unpaired) electrons. The van der Waals surface area contributed by atoms with Gasteiger partial charge in [-0.2, -0.15) is 13.2 Å². The molecule has 0 aromatic heterocycles. The third kappa shape index (κ3) is 5.98. The van der Waals surface area contributed by atoms with Crippen LogP contribution < -0.4 is 4.72 Å². The number of unbranched alkanes of at least 4 members (excludes halogenated alkanes) is 1. The third-order valence-corrected chi connectivity index (χ3v) is 4.12. The average Bonchev–Trinajstić information content (AvgIpc) is 2.37. The maximum absolute atomic E-state index is 13.5. The number of rotatable bonds is 7. The Hall–Kier alpha value is -1.19. The molecule has 21 heavy (non-hydrogen) atoms. The van der Waals surface area contributed by atoms with E-state index in [-0.39, 0.29) is 24.9 Å². The van der Waals surface area contributed by atoms with Gasteiger partial charge in [0.2, 0.25) is 10.0 Å². The molecular weight excluding hydrogens is 314 g/mol. The summed E-state index contributed by atoms with van der Waals surface area (Å²) in [5.41, 5.74) is 0.217. The van der Waals surface area contributed by atoms with E-state index in [1.54, 1.807) is 0 Å². The van der Waals surface area contributed by atoms with E-state index < -0.39 is 39.9 Å². The third-order valence-electron chi connectivity index (χ3n) is 2.65. The van der Waals surface area contributed by atoms with Gasteiger partial charge in [0.1, 0.15) is 10.7 Å². The molecule has 1 rings (SSSR count). The fraction of sp³-hybridized carbons (Fsp3) is 0.500. The number of benzene rings is 1. The van der Waals surface area contributed by atoms with Crippen molar-refractivity contribution in [3.05, 3.63) is 29.6 Å². The smallest absolute Gasteiger partial charge is 0.389 e. The van der Waals surface area contributed by atoms with Gasteiger partial charge in [0, 0.05) is 13.0 Å². The summed E-state index contributed by atoms with van der Waals surface area (Å²) in [4.78, 5) is -0.634. The number of nitrogens with one attached hydrogen (secondary N) is 1. The minimum atomic E-state index is -4.28. The quantitative estimate of drug-likeness (QED) is 0.596. The number of halogens is 4. The number of hydrogen-bond donors (Lipinski definition) is 2. The second kappa shape index (κ2) is 7.19. The molecule has 0 aliphatic carbocycles. The van der Waals surface area contributed by atoms with Crippen LogP contribution in [0.3, 0.4) is 0 Å². The zero-order chi connectivity index (χ0) is 16.1. The molecule has 0 aliphatic rings. The van der Waals surface area contributed by atoms with Crippen molar-refractivity contribution in [1.82, 2.24) is 4.72 Å². The molecule has 0 bridgehead atoms. The van der Waals surface area contributed by atoms with Crippen LogP contribution in [0.2, 0.25) is 0 Å². The van der Waals surface area contributed by atoms with Gasteiger partial charge in [-0.15, -0.1) is 0 Å². The van der Waals surface area contributed by atoms with Crippen molar-refractivity contribution in [1.29, 1.82) is 0 Å². The first-order valence-corrected chi connectivity index (χ1v) is 7.60. The van der Waals surface area contributed by atoms with Gasteiger partial charge in [0.05, 0.1) is 6.61 Å². The lowest BCUT2D eigenvalue weighted by Crippen LogP contribution is -2.26. The average molecular weight is 329 g/mol. The van der Waals surface area contributed by atoms with Crippen molar-refractivity contribution < 1.29 is 31.1 Å². The Bertz CT molecular complexity index is 572. The molecule has 0 spiro atoms. The van der Waals surface area contributed by atoms with Gasteiger partial charge < -0.3 is 5.11 Å². The summed E-state index contributed by atoms with van der Waals surface area (Å²) >= 11 is 0. The molecular formula is C12H15F4NO3S. The van der Waals surface area contributed by atoms with Gasteiger partial charge in [-0.3, -0.25) is 0 Å². The Labute approximate surface area is 119 Å². The maximum Gasteiger partial charge on any atom is 0.389 e. The Kier molecular flexibility index (Phi) is 6.11. The number of sulfonamides is 1. The van der Waals surface area contributed by atoms with Crippen LogP contribution in [0.25, 0.3) is 0 Å². The Balaban J connectivity index is 2.62. The second-order valence-corrected chi connectivity index (χ2v) is 6.13. The predicted molar refractivity (Wildman–Crippen MR) is 67.4 cm³/mol. The zero-order valence-electron chi connectivity index (χ0n) is 11.0. The maximum atomic E-state index is 13.5. The Morgan fingerprint density at radius 3 is 2.43 bits per heavy atom. The predicted octanol–water partition coefficient (Wildman–Crippen LogP) is 2.33. The molecule has 2 N–H and O–H groups in total. The van der Waals surface area contributed by atoms with Crippen LogP contribution in [0, 0.1) is 5.82 Å². The van der Waals surface area contributed by atoms with Gasteiger partial charge >= 0.3 is 6.18 Å².